The number of rotatable bonds is 6. The van der Waals surface area contributed by atoms with E-state index < -0.39 is 0 Å². The maximum Gasteiger partial charge on any atom is 0.243 e. The van der Waals surface area contributed by atoms with Crippen LogP contribution in [0.15, 0.2) is 40.7 Å². The summed E-state index contributed by atoms with van der Waals surface area (Å²) in [6, 6.07) is 10.2. The molecule has 6 nitrogen and oxygen atoms in total. The van der Waals surface area contributed by atoms with Gasteiger partial charge in [0.1, 0.15) is 6.54 Å². The molecular formula is C19H27N5OS. The van der Waals surface area contributed by atoms with Crippen LogP contribution in [-0.2, 0) is 11.3 Å². The van der Waals surface area contributed by atoms with E-state index in [0.717, 1.165) is 16.3 Å². The highest BCUT2D eigenvalue weighted by atomic mass is 32.1. The van der Waals surface area contributed by atoms with Gasteiger partial charge in [0.2, 0.25) is 5.91 Å². The number of hydrogen-bond donors (Lipinski definition) is 1. The van der Waals surface area contributed by atoms with Crippen molar-refractivity contribution < 1.29 is 4.79 Å². The summed E-state index contributed by atoms with van der Waals surface area (Å²) in [6.45, 7) is 4.82. The lowest BCUT2D eigenvalue weighted by atomic mass is 10.1. The first kappa shape index (κ1) is 19.9. The topological polar surface area (TPSA) is 60.8 Å². The number of carbonyl (C=O) groups excluding carboxylic acids is 1. The van der Waals surface area contributed by atoms with Crippen molar-refractivity contribution >= 4 is 23.2 Å². The van der Waals surface area contributed by atoms with E-state index in [1.165, 1.54) is 0 Å². The molecule has 0 bridgehead atoms. The second-order valence-electron chi connectivity index (χ2n) is 6.42. The van der Waals surface area contributed by atoms with Crippen molar-refractivity contribution in [2.45, 2.75) is 26.4 Å². The van der Waals surface area contributed by atoms with Gasteiger partial charge >= 0.3 is 0 Å². The molecule has 0 aliphatic heterocycles. The summed E-state index contributed by atoms with van der Waals surface area (Å²) in [5.41, 5.74) is 2.16. The van der Waals surface area contributed by atoms with Crippen LogP contribution in [0.1, 0.15) is 29.2 Å². The second-order valence-corrected chi connectivity index (χ2v) is 7.48. The molecule has 0 spiro atoms. The smallest absolute Gasteiger partial charge is 0.243 e. The molecule has 7 heteroatoms. The fourth-order valence-electron chi connectivity index (χ4n) is 2.38. The number of carbonyl (C=O) groups is 1. The highest BCUT2D eigenvalue weighted by Crippen LogP contribution is 2.13. The van der Waals surface area contributed by atoms with E-state index in [1.807, 2.05) is 37.1 Å². The van der Waals surface area contributed by atoms with Crippen molar-refractivity contribution in [2.24, 2.45) is 4.99 Å². The van der Waals surface area contributed by atoms with Gasteiger partial charge in [0.25, 0.3) is 0 Å². The number of benzene rings is 1. The monoisotopic (exact) mass is 373 g/mol. The van der Waals surface area contributed by atoms with Crippen molar-refractivity contribution in [3.63, 3.8) is 0 Å². The Hall–Kier alpha value is -2.41. The Morgan fingerprint density at radius 2 is 1.96 bits per heavy atom. The van der Waals surface area contributed by atoms with Gasteiger partial charge in [-0.2, -0.15) is 0 Å². The Labute approximate surface area is 159 Å². The number of likely N-dealkylation sites (N-methyl/N-ethyl adjacent to an activating group) is 1. The molecule has 2 aromatic rings. The summed E-state index contributed by atoms with van der Waals surface area (Å²) in [7, 11) is 5.43. The molecule has 2 rings (SSSR count). The van der Waals surface area contributed by atoms with Crippen molar-refractivity contribution in [1.82, 2.24) is 20.1 Å². The summed E-state index contributed by atoms with van der Waals surface area (Å²) in [4.78, 5) is 24.5. The van der Waals surface area contributed by atoms with Crippen LogP contribution in [0.2, 0.25) is 0 Å². The molecule has 1 unspecified atom stereocenters. The standard InChI is InChI=1S/C19H27N5OS/c1-14(16-9-7-6-8-10-16)21-19(20-11-18(25)23(3)4)24(5)12-17-13-26-15(2)22-17/h6-10,13-14H,11-12H2,1-5H3,(H,20,21). The highest BCUT2D eigenvalue weighted by Gasteiger charge is 2.14. The Morgan fingerprint density at radius 3 is 2.54 bits per heavy atom. The number of aryl methyl sites for hydroxylation is 1. The first-order valence-electron chi connectivity index (χ1n) is 8.55. The third-order valence-electron chi connectivity index (χ3n) is 3.94. The van der Waals surface area contributed by atoms with Crippen molar-refractivity contribution in [2.75, 3.05) is 27.7 Å². The van der Waals surface area contributed by atoms with E-state index in [-0.39, 0.29) is 18.5 Å². The Bertz CT molecular complexity index is 741. The predicted molar refractivity (Wildman–Crippen MR) is 107 cm³/mol. The zero-order valence-corrected chi connectivity index (χ0v) is 16.9. The number of guanidine groups is 1. The van der Waals surface area contributed by atoms with E-state index in [9.17, 15) is 4.79 Å². The van der Waals surface area contributed by atoms with Gasteiger partial charge in [-0.3, -0.25) is 4.79 Å². The van der Waals surface area contributed by atoms with Gasteiger partial charge in [-0.1, -0.05) is 30.3 Å². The van der Waals surface area contributed by atoms with Gasteiger partial charge in [-0.05, 0) is 19.4 Å². The van der Waals surface area contributed by atoms with E-state index in [1.54, 1.807) is 30.3 Å². The molecule has 0 fully saturated rings. The Balaban J connectivity index is 2.14. The summed E-state index contributed by atoms with van der Waals surface area (Å²) < 4.78 is 0. The quantitative estimate of drug-likeness (QED) is 0.625. The Morgan fingerprint density at radius 1 is 1.27 bits per heavy atom. The maximum atomic E-state index is 11.9. The van der Waals surface area contributed by atoms with Crippen LogP contribution in [0.4, 0.5) is 0 Å². The van der Waals surface area contributed by atoms with Crippen LogP contribution in [-0.4, -0.2) is 54.3 Å². The molecule has 1 amide bonds. The third-order valence-corrected chi connectivity index (χ3v) is 4.76. The minimum atomic E-state index is -0.0328. The molecule has 26 heavy (non-hydrogen) atoms. The molecule has 0 saturated carbocycles. The largest absolute Gasteiger partial charge is 0.350 e. The summed E-state index contributed by atoms with van der Waals surface area (Å²) in [6.07, 6.45) is 0. The maximum absolute atomic E-state index is 11.9. The van der Waals surface area contributed by atoms with E-state index in [2.05, 4.69) is 39.7 Å². The second kappa shape index (κ2) is 9.33. The lowest BCUT2D eigenvalue weighted by Gasteiger charge is -2.25. The number of nitrogens with zero attached hydrogens (tertiary/aromatic N) is 4. The molecule has 1 aromatic heterocycles. The fraction of sp³-hybridized carbons (Fsp3) is 0.421. The van der Waals surface area contributed by atoms with E-state index >= 15 is 0 Å². The number of aliphatic imine (C=N–C) groups is 1. The van der Waals surface area contributed by atoms with Crippen LogP contribution < -0.4 is 5.32 Å². The lowest BCUT2D eigenvalue weighted by Crippen LogP contribution is -2.40. The predicted octanol–water partition coefficient (Wildman–Crippen LogP) is 2.68. The molecule has 1 heterocycles. The minimum absolute atomic E-state index is 0.0328. The first-order chi connectivity index (χ1) is 12.4. The molecular weight excluding hydrogens is 346 g/mol. The molecule has 1 N–H and O–H groups in total. The number of aromatic nitrogens is 1. The van der Waals surface area contributed by atoms with Crippen LogP contribution >= 0.6 is 11.3 Å². The lowest BCUT2D eigenvalue weighted by molar-refractivity contribution is -0.127. The molecule has 0 aliphatic rings. The van der Waals surface area contributed by atoms with Gasteiger partial charge in [0.05, 0.1) is 23.3 Å². The van der Waals surface area contributed by atoms with Crippen molar-refractivity contribution in [1.29, 1.82) is 0 Å². The number of nitrogens with one attached hydrogen (secondary N) is 1. The first-order valence-corrected chi connectivity index (χ1v) is 9.43. The van der Waals surface area contributed by atoms with Gasteiger partial charge in [0.15, 0.2) is 5.96 Å². The van der Waals surface area contributed by atoms with Crippen LogP contribution in [0.5, 0.6) is 0 Å². The fourth-order valence-corrected chi connectivity index (χ4v) is 2.98. The summed E-state index contributed by atoms with van der Waals surface area (Å²) in [5.74, 6) is 0.650. The summed E-state index contributed by atoms with van der Waals surface area (Å²) in [5, 5.41) is 6.53. The zero-order chi connectivity index (χ0) is 19.1. The van der Waals surface area contributed by atoms with Gasteiger partial charge in [-0.25, -0.2) is 9.98 Å². The van der Waals surface area contributed by atoms with Crippen molar-refractivity contribution in [3.05, 3.63) is 52.0 Å². The van der Waals surface area contributed by atoms with Crippen LogP contribution in [0.3, 0.4) is 0 Å². The molecule has 1 atom stereocenters. The third kappa shape index (κ3) is 5.84. The molecule has 1 aromatic carbocycles. The van der Waals surface area contributed by atoms with E-state index in [0.29, 0.717) is 12.5 Å². The van der Waals surface area contributed by atoms with E-state index in [4.69, 9.17) is 0 Å². The van der Waals surface area contributed by atoms with Crippen LogP contribution in [0, 0.1) is 6.92 Å². The van der Waals surface area contributed by atoms with Crippen LogP contribution in [0.25, 0.3) is 0 Å². The van der Waals surface area contributed by atoms with Gasteiger partial charge in [-0.15, -0.1) is 11.3 Å². The average Bonchev–Trinajstić information content (AvgIpc) is 3.03. The number of thiazole rings is 1. The molecule has 140 valence electrons. The Kier molecular flexibility index (Phi) is 7.15. The number of amides is 1. The number of hydrogen-bond acceptors (Lipinski definition) is 4. The van der Waals surface area contributed by atoms with Gasteiger partial charge < -0.3 is 15.1 Å². The molecule has 0 radical (unpaired) electrons. The van der Waals surface area contributed by atoms with Crippen molar-refractivity contribution in [3.8, 4) is 0 Å². The van der Waals surface area contributed by atoms with Gasteiger partial charge in [0, 0.05) is 26.5 Å². The zero-order valence-electron chi connectivity index (χ0n) is 16.1. The normalized spacial score (nSPS) is 12.6. The summed E-state index contributed by atoms with van der Waals surface area (Å²) >= 11 is 1.63. The SMILES string of the molecule is Cc1nc(CN(C)C(=NCC(=O)N(C)C)NC(C)c2ccccc2)cs1. The average molecular weight is 374 g/mol. The molecule has 0 aliphatic carbocycles. The highest BCUT2D eigenvalue weighted by molar-refractivity contribution is 7.09. The minimum Gasteiger partial charge on any atom is -0.350 e. The molecule has 0 saturated heterocycles.